The number of hydrogen-bond acceptors (Lipinski definition) is 6. The lowest BCUT2D eigenvalue weighted by Gasteiger charge is -2.42. The molecular weight excluding hydrogens is 484 g/mol. The van der Waals surface area contributed by atoms with Crippen LogP contribution in [0.25, 0.3) is 0 Å². The number of nitrogens with zero attached hydrogens (tertiary/aromatic N) is 5. The van der Waals surface area contributed by atoms with Gasteiger partial charge in [-0.3, -0.25) is 14.6 Å². The van der Waals surface area contributed by atoms with Crippen LogP contribution < -0.4 is 10.6 Å². The average molecular weight is 523 g/mol. The van der Waals surface area contributed by atoms with Gasteiger partial charge in [0.15, 0.2) is 0 Å². The molecule has 3 aromatic rings. The quantitative estimate of drug-likeness (QED) is 0.486. The summed E-state index contributed by atoms with van der Waals surface area (Å²) in [6.45, 7) is 7.55. The summed E-state index contributed by atoms with van der Waals surface area (Å²) in [5.41, 5.74) is 12.1. The highest BCUT2D eigenvalue weighted by atomic mass is 16.1. The second-order valence-corrected chi connectivity index (χ2v) is 10.9. The van der Waals surface area contributed by atoms with Crippen molar-refractivity contribution in [2.24, 2.45) is 15.7 Å². The predicted molar refractivity (Wildman–Crippen MR) is 160 cm³/mol. The first-order chi connectivity index (χ1) is 18.8. The minimum atomic E-state index is -0.652. The highest BCUT2D eigenvalue weighted by molar-refractivity contribution is 6.01. The predicted octanol–water partition coefficient (Wildman–Crippen LogP) is 3.94. The Labute approximate surface area is 231 Å². The van der Waals surface area contributed by atoms with Crippen LogP contribution in [0.2, 0.25) is 0 Å². The topological polar surface area (TPSA) is 77.5 Å². The highest BCUT2D eigenvalue weighted by Crippen LogP contribution is 2.37. The van der Waals surface area contributed by atoms with Crippen molar-refractivity contribution in [3.05, 3.63) is 101 Å². The molecule has 202 valence electrons. The SMILES string of the molecule is Cc1cccc(C)c1C1CN(CC2=NC(c3ccccc3)(c3ccc(N(C)C)cc3)C=N2)CCN1CC(N)=O. The minimum absolute atomic E-state index is 0.0795. The number of aliphatic imine (C=N–C) groups is 2. The van der Waals surface area contributed by atoms with E-state index in [4.69, 9.17) is 15.7 Å². The lowest BCUT2D eigenvalue weighted by atomic mass is 9.84. The summed E-state index contributed by atoms with van der Waals surface area (Å²) in [7, 11) is 4.09. The van der Waals surface area contributed by atoms with E-state index < -0.39 is 5.54 Å². The number of carbonyl (C=O) groups is 1. The van der Waals surface area contributed by atoms with Crippen LogP contribution in [0.15, 0.2) is 82.8 Å². The monoisotopic (exact) mass is 522 g/mol. The maximum absolute atomic E-state index is 11.9. The van der Waals surface area contributed by atoms with Crippen molar-refractivity contribution in [2.75, 3.05) is 51.7 Å². The lowest BCUT2D eigenvalue weighted by molar-refractivity contribution is -0.120. The van der Waals surface area contributed by atoms with Gasteiger partial charge < -0.3 is 10.6 Å². The Morgan fingerprint density at radius 3 is 2.26 bits per heavy atom. The summed E-state index contributed by atoms with van der Waals surface area (Å²) in [5, 5.41) is 0. The van der Waals surface area contributed by atoms with Gasteiger partial charge >= 0.3 is 0 Å². The summed E-state index contributed by atoms with van der Waals surface area (Å²) in [5.74, 6) is 0.525. The van der Waals surface area contributed by atoms with Crippen molar-refractivity contribution >= 4 is 23.6 Å². The maximum Gasteiger partial charge on any atom is 0.231 e. The van der Waals surface area contributed by atoms with Gasteiger partial charge in [0, 0.05) is 51.7 Å². The van der Waals surface area contributed by atoms with E-state index in [1.807, 2.05) is 26.4 Å². The molecule has 5 rings (SSSR count). The molecule has 2 heterocycles. The molecule has 0 aromatic heterocycles. The van der Waals surface area contributed by atoms with E-state index in [1.165, 1.54) is 16.7 Å². The van der Waals surface area contributed by atoms with Crippen LogP contribution in [0.5, 0.6) is 0 Å². The number of amides is 1. The molecule has 39 heavy (non-hydrogen) atoms. The van der Waals surface area contributed by atoms with Crippen molar-refractivity contribution in [1.29, 1.82) is 0 Å². The summed E-state index contributed by atoms with van der Waals surface area (Å²) in [4.78, 5) is 28.8. The van der Waals surface area contributed by atoms with Gasteiger partial charge in [0.25, 0.3) is 0 Å². The summed E-state index contributed by atoms with van der Waals surface area (Å²) >= 11 is 0. The van der Waals surface area contributed by atoms with Crippen LogP contribution in [0.4, 0.5) is 5.69 Å². The number of benzene rings is 3. The van der Waals surface area contributed by atoms with Gasteiger partial charge in [0.05, 0.1) is 13.1 Å². The highest BCUT2D eigenvalue weighted by Gasteiger charge is 2.37. The molecule has 1 saturated heterocycles. The number of piperazine rings is 1. The molecule has 2 atom stereocenters. The van der Waals surface area contributed by atoms with Crippen LogP contribution >= 0.6 is 0 Å². The van der Waals surface area contributed by atoms with Gasteiger partial charge in [-0.15, -0.1) is 0 Å². The van der Waals surface area contributed by atoms with Crippen LogP contribution in [0.3, 0.4) is 0 Å². The van der Waals surface area contributed by atoms with E-state index in [0.29, 0.717) is 6.54 Å². The van der Waals surface area contributed by atoms with E-state index in [-0.39, 0.29) is 18.5 Å². The van der Waals surface area contributed by atoms with Crippen molar-refractivity contribution in [1.82, 2.24) is 9.80 Å². The maximum atomic E-state index is 11.9. The van der Waals surface area contributed by atoms with E-state index in [2.05, 4.69) is 95.3 Å². The second kappa shape index (κ2) is 11.1. The molecule has 0 radical (unpaired) electrons. The number of amidine groups is 1. The van der Waals surface area contributed by atoms with E-state index in [0.717, 1.165) is 42.3 Å². The lowest BCUT2D eigenvalue weighted by Crippen LogP contribution is -2.51. The van der Waals surface area contributed by atoms with Crippen LogP contribution in [0.1, 0.15) is 33.9 Å². The molecular formula is C32H38N6O. The largest absolute Gasteiger partial charge is 0.378 e. The Hall–Kier alpha value is -3.81. The second-order valence-electron chi connectivity index (χ2n) is 10.9. The van der Waals surface area contributed by atoms with Crippen LogP contribution in [-0.2, 0) is 10.3 Å². The number of nitrogens with two attached hydrogens (primary N) is 1. The molecule has 0 saturated carbocycles. The molecule has 2 aliphatic rings. The molecule has 0 bridgehead atoms. The fraction of sp³-hybridized carbons (Fsp3) is 0.344. The number of anilines is 1. The molecule has 1 amide bonds. The van der Waals surface area contributed by atoms with Gasteiger partial charge in [0.1, 0.15) is 11.4 Å². The van der Waals surface area contributed by atoms with Crippen molar-refractivity contribution in [2.45, 2.75) is 25.4 Å². The van der Waals surface area contributed by atoms with Gasteiger partial charge in [-0.05, 0) is 53.8 Å². The molecule has 2 N–H and O–H groups in total. The number of hydrogen-bond donors (Lipinski definition) is 1. The van der Waals surface area contributed by atoms with E-state index in [1.54, 1.807) is 0 Å². The number of carbonyl (C=O) groups excluding carboxylic acids is 1. The first kappa shape index (κ1) is 26.8. The first-order valence-corrected chi connectivity index (χ1v) is 13.5. The number of rotatable bonds is 8. The minimum Gasteiger partial charge on any atom is -0.378 e. The Kier molecular flexibility index (Phi) is 7.64. The number of aryl methyl sites for hydroxylation is 2. The van der Waals surface area contributed by atoms with Gasteiger partial charge in [-0.25, -0.2) is 9.98 Å². The molecule has 7 nitrogen and oxygen atoms in total. The van der Waals surface area contributed by atoms with Gasteiger partial charge in [-0.1, -0.05) is 60.7 Å². The Bertz CT molecular complexity index is 1360. The molecule has 7 heteroatoms. The smallest absolute Gasteiger partial charge is 0.231 e. The first-order valence-electron chi connectivity index (χ1n) is 13.5. The molecule has 0 aliphatic carbocycles. The molecule has 0 spiro atoms. The fourth-order valence-electron chi connectivity index (χ4n) is 5.89. The zero-order chi connectivity index (χ0) is 27.6. The summed E-state index contributed by atoms with van der Waals surface area (Å²) in [6, 6.07) is 25.4. The average Bonchev–Trinajstić information content (AvgIpc) is 3.35. The van der Waals surface area contributed by atoms with Crippen LogP contribution in [0, 0.1) is 13.8 Å². The van der Waals surface area contributed by atoms with Gasteiger partial charge in [0.2, 0.25) is 5.91 Å². The normalized spacial score (nSPS) is 21.6. The van der Waals surface area contributed by atoms with Gasteiger partial charge in [-0.2, -0.15) is 0 Å². The van der Waals surface area contributed by atoms with Crippen LogP contribution in [-0.4, -0.2) is 74.6 Å². The molecule has 2 unspecified atom stereocenters. The Morgan fingerprint density at radius 2 is 1.62 bits per heavy atom. The van der Waals surface area contributed by atoms with E-state index >= 15 is 0 Å². The summed E-state index contributed by atoms with van der Waals surface area (Å²) < 4.78 is 0. The molecule has 3 aromatic carbocycles. The molecule has 2 aliphatic heterocycles. The zero-order valence-electron chi connectivity index (χ0n) is 23.3. The number of primary amides is 1. The van der Waals surface area contributed by atoms with Crippen molar-refractivity contribution < 1.29 is 4.79 Å². The zero-order valence-corrected chi connectivity index (χ0v) is 23.3. The summed E-state index contributed by atoms with van der Waals surface area (Å²) in [6.07, 6.45) is 1.99. The third kappa shape index (κ3) is 5.51. The fourth-order valence-corrected chi connectivity index (χ4v) is 5.89. The third-order valence-electron chi connectivity index (χ3n) is 7.92. The van der Waals surface area contributed by atoms with Crippen molar-refractivity contribution in [3.8, 4) is 0 Å². The Morgan fingerprint density at radius 1 is 0.949 bits per heavy atom. The third-order valence-corrected chi connectivity index (χ3v) is 7.92. The standard InChI is InChI=1S/C32H38N6O/c1-23-9-8-10-24(2)31(23)28-19-37(17-18-38(28)20-29(33)39)21-30-34-22-32(35-30,25-11-6-5-7-12-25)26-13-15-27(16-14-26)36(3)4/h5-16,22,28H,17-21H2,1-4H3,(H2,33,39). The van der Waals surface area contributed by atoms with Crippen molar-refractivity contribution in [3.63, 3.8) is 0 Å². The Balaban J connectivity index is 1.44. The molecule has 1 fully saturated rings. The van der Waals surface area contributed by atoms with E-state index in [9.17, 15) is 4.79 Å².